The van der Waals surface area contributed by atoms with E-state index < -0.39 is 0 Å². The number of halogens is 2. The van der Waals surface area contributed by atoms with E-state index in [9.17, 15) is 4.39 Å². The van der Waals surface area contributed by atoms with Crippen molar-refractivity contribution in [2.75, 3.05) is 11.9 Å². The second-order valence-electron chi connectivity index (χ2n) is 6.59. The maximum Gasteiger partial charge on any atom is 0.133 e. The third-order valence-corrected chi connectivity index (χ3v) is 4.85. The minimum Gasteiger partial charge on any atom is -0.367 e. The van der Waals surface area contributed by atoms with Crippen molar-refractivity contribution in [3.63, 3.8) is 0 Å². The summed E-state index contributed by atoms with van der Waals surface area (Å²) >= 11 is 6.05. The van der Waals surface area contributed by atoms with Crippen LogP contribution in [0.5, 0.6) is 0 Å². The molecule has 0 saturated carbocycles. The maximum atomic E-state index is 13.2. The van der Waals surface area contributed by atoms with Crippen molar-refractivity contribution in [1.82, 2.24) is 9.55 Å². The van der Waals surface area contributed by atoms with Gasteiger partial charge in [0.1, 0.15) is 11.6 Å². The van der Waals surface area contributed by atoms with Gasteiger partial charge in [-0.1, -0.05) is 41.9 Å². The summed E-state index contributed by atoms with van der Waals surface area (Å²) in [5.41, 5.74) is 3.87. The third kappa shape index (κ3) is 3.92. The van der Waals surface area contributed by atoms with Crippen molar-refractivity contribution in [3.8, 4) is 16.9 Å². The molecule has 0 fully saturated rings. The van der Waals surface area contributed by atoms with Crippen LogP contribution in [-0.2, 0) is 6.54 Å². The highest BCUT2D eigenvalue weighted by Gasteiger charge is 2.14. The Balaban J connectivity index is 1.72. The molecule has 0 saturated heterocycles. The molecule has 0 aliphatic carbocycles. The van der Waals surface area contributed by atoms with Crippen LogP contribution in [0, 0.1) is 5.82 Å². The van der Waals surface area contributed by atoms with Crippen molar-refractivity contribution < 1.29 is 4.39 Å². The van der Waals surface area contributed by atoms with Crippen LogP contribution in [0.15, 0.2) is 85.1 Å². The summed E-state index contributed by atoms with van der Waals surface area (Å²) in [6.07, 6.45) is 2.03. The first-order valence-electron chi connectivity index (χ1n) is 8.96. The highest BCUT2D eigenvalue weighted by molar-refractivity contribution is 6.30. The summed E-state index contributed by atoms with van der Waals surface area (Å²) in [6.45, 7) is 0.571. The van der Waals surface area contributed by atoms with E-state index in [4.69, 9.17) is 16.6 Å². The Bertz CT molecular complexity index is 1060. The molecule has 140 valence electrons. The highest BCUT2D eigenvalue weighted by Crippen LogP contribution is 2.24. The smallest absolute Gasteiger partial charge is 0.133 e. The summed E-state index contributed by atoms with van der Waals surface area (Å²) in [5, 5.41) is 0.692. The summed E-state index contributed by atoms with van der Waals surface area (Å²) in [6, 6.07) is 24.2. The second kappa shape index (κ2) is 7.87. The first-order valence-corrected chi connectivity index (χ1v) is 9.34. The van der Waals surface area contributed by atoms with E-state index in [0.717, 1.165) is 28.5 Å². The quantitative estimate of drug-likeness (QED) is 0.418. The first kappa shape index (κ1) is 18.3. The van der Waals surface area contributed by atoms with Crippen LogP contribution < -0.4 is 4.90 Å². The Hall–Kier alpha value is -3.11. The average Bonchev–Trinajstić information content (AvgIpc) is 3.13. The van der Waals surface area contributed by atoms with Crippen LogP contribution in [0.3, 0.4) is 0 Å². The number of benzene rings is 3. The molecule has 3 nitrogen and oxygen atoms in total. The molecule has 4 aromatic rings. The molecule has 0 amide bonds. The molecule has 0 unspecified atom stereocenters. The lowest BCUT2D eigenvalue weighted by Gasteiger charge is -2.19. The van der Waals surface area contributed by atoms with Gasteiger partial charge in [-0.3, -0.25) is 0 Å². The number of hydrogen-bond donors (Lipinski definition) is 0. The van der Waals surface area contributed by atoms with Crippen molar-refractivity contribution in [2.45, 2.75) is 6.54 Å². The lowest BCUT2D eigenvalue weighted by molar-refractivity contribution is 0.627. The summed E-state index contributed by atoms with van der Waals surface area (Å²) in [7, 11) is 1.97. The van der Waals surface area contributed by atoms with Crippen molar-refractivity contribution in [3.05, 3.63) is 102 Å². The lowest BCUT2D eigenvalue weighted by atomic mass is 10.2. The predicted octanol–water partition coefficient (Wildman–Crippen LogP) is 5.97. The van der Waals surface area contributed by atoms with Crippen LogP contribution in [0.2, 0.25) is 5.02 Å². The molecule has 5 heteroatoms. The second-order valence-corrected chi connectivity index (χ2v) is 7.02. The zero-order valence-electron chi connectivity index (χ0n) is 15.4. The number of imidazole rings is 1. The Labute approximate surface area is 168 Å². The zero-order valence-corrected chi connectivity index (χ0v) is 16.1. The van der Waals surface area contributed by atoms with Gasteiger partial charge in [0.2, 0.25) is 0 Å². The average molecular weight is 392 g/mol. The van der Waals surface area contributed by atoms with Gasteiger partial charge >= 0.3 is 0 Å². The molecule has 0 aliphatic rings. The SMILES string of the molecule is CN(Cc1nc(-c2ccccc2)cn1-c1ccc(Cl)cc1)c1ccc(F)cc1. The Morgan fingerprint density at radius 3 is 2.29 bits per heavy atom. The van der Waals surface area contributed by atoms with Crippen LogP contribution in [-0.4, -0.2) is 16.6 Å². The Morgan fingerprint density at radius 1 is 0.929 bits per heavy atom. The Morgan fingerprint density at radius 2 is 1.61 bits per heavy atom. The van der Waals surface area contributed by atoms with Crippen molar-refractivity contribution in [1.29, 1.82) is 0 Å². The molecule has 0 N–H and O–H groups in total. The molecule has 0 atom stereocenters. The molecule has 0 radical (unpaired) electrons. The first-order chi connectivity index (χ1) is 13.6. The lowest BCUT2D eigenvalue weighted by Crippen LogP contribution is -2.19. The van der Waals surface area contributed by atoms with Crippen LogP contribution in [0.4, 0.5) is 10.1 Å². The number of hydrogen-bond acceptors (Lipinski definition) is 2. The van der Waals surface area contributed by atoms with Gasteiger partial charge in [-0.25, -0.2) is 9.37 Å². The molecule has 1 aromatic heterocycles. The van der Waals surface area contributed by atoms with Gasteiger partial charge in [-0.15, -0.1) is 0 Å². The fraction of sp³-hybridized carbons (Fsp3) is 0.0870. The van der Waals surface area contributed by atoms with Crippen LogP contribution in [0.25, 0.3) is 16.9 Å². The fourth-order valence-corrected chi connectivity index (χ4v) is 3.23. The van der Waals surface area contributed by atoms with Gasteiger partial charge in [0.05, 0.1) is 12.2 Å². The molecule has 0 bridgehead atoms. The molecule has 4 rings (SSSR count). The zero-order chi connectivity index (χ0) is 19.5. The van der Waals surface area contributed by atoms with Crippen molar-refractivity contribution >= 4 is 17.3 Å². The molecule has 1 heterocycles. The summed E-state index contributed by atoms with van der Waals surface area (Å²) in [5.74, 6) is 0.638. The molecule has 0 spiro atoms. The number of rotatable bonds is 5. The third-order valence-electron chi connectivity index (χ3n) is 4.60. The molecular formula is C23H19ClFN3. The fourth-order valence-electron chi connectivity index (χ4n) is 3.10. The van der Waals surface area contributed by atoms with E-state index in [1.165, 1.54) is 12.1 Å². The van der Waals surface area contributed by atoms with Crippen molar-refractivity contribution in [2.24, 2.45) is 0 Å². The highest BCUT2D eigenvalue weighted by atomic mass is 35.5. The molecule has 0 aliphatic heterocycles. The van der Waals surface area contributed by atoms with E-state index in [1.807, 2.05) is 72.7 Å². The molecular weight excluding hydrogens is 373 g/mol. The van der Waals surface area contributed by atoms with Crippen LogP contribution >= 0.6 is 11.6 Å². The summed E-state index contributed by atoms with van der Waals surface area (Å²) in [4.78, 5) is 6.92. The van der Waals surface area contributed by atoms with E-state index in [-0.39, 0.29) is 5.82 Å². The topological polar surface area (TPSA) is 21.1 Å². The van der Waals surface area contributed by atoms with Gasteiger partial charge < -0.3 is 9.47 Å². The largest absolute Gasteiger partial charge is 0.367 e. The van der Waals surface area contributed by atoms with Gasteiger partial charge in [-0.05, 0) is 48.5 Å². The monoisotopic (exact) mass is 391 g/mol. The van der Waals surface area contributed by atoms with Gasteiger partial charge in [0.25, 0.3) is 0 Å². The Kier molecular flexibility index (Phi) is 5.13. The van der Waals surface area contributed by atoms with Gasteiger partial charge in [0, 0.05) is 35.2 Å². The van der Waals surface area contributed by atoms with E-state index >= 15 is 0 Å². The molecule has 3 aromatic carbocycles. The van der Waals surface area contributed by atoms with E-state index in [0.29, 0.717) is 11.6 Å². The summed E-state index contributed by atoms with van der Waals surface area (Å²) < 4.78 is 15.3. The normalized spacial score (nSPS) is 10.8. The van der Waals surface area contributed by atoms with Gasteiger partial charge in [-0.2, -0.15) is 0 Å². The molecule has 28 heavy (non-hydrogen) atoms. The minimum absolute atomic E-state index is 0.244. The minimum atomic E-state index is -0.244. The number of nitrogens with zero attached hydrogens (tertiary/aromatic N) is 3. The standard InChI is InChI=1S/C23H19ClFN3/c1-27(20-13-9-19(25)10-14-20)16-23-26-22(17-5-3-2-4-6-17)15-28(23)21-11-7-18(24)8-12-21/h2-15H,16H2,1H3. The number of aromatic nitrogens is 2. The van der Waals surface area contributed by atoms with E-state index in [2.05, 4.69) is 4.57 Å². The van der Waals surface area contributed by atoms with Gasteiger partial charge in [0.15, 0.2) is 0 Å². The predicted molar refractivity (Wildman–Crippen MR) is 113 cm³/mol. The van der Waals surface area contributed by atoms with E-state index in [1.54, 1.807) is 12.1 Å². The maximum absolute atomic E-state index is 13.2. The van der Waals surface area contributed by atoms with Crippen LogP contribution in [0.1, 0.15) is 5.82 Å². The number of anilines is 1.